The van der Waals surface area contributed by atoms with Crippen molar-refractivity contribution < 1.29 is 17.6 Å². The largest absolute Gasteiger partial charge is 0.417 e. The van der Waals surface area contributed by atoms with Gasteiger partial charge < -0.3 is 5.32 Å². The summed E-state index contributed by atoms with van der Waals surface area (Å²) in [5.74, 6) is -0.617. The molecule has 5 aromatic rings. The lowest BCUT2D eigenvalue weighted by atomic mass is 10.0. The summed E-state index contributed by atoms with van der Waals surface area (Å²) in [5, 5.41) is 7.06. The Morgan fingerprint density at radius 2 is 1.82 bits per heavy atom. The fourth-order valence-electron chi connectivity index (χ4n) is 4.08. The quantitative estimate of drug-likeness (QED) is 0.361. The summed E-state index contributed by atoms with van der Waals surface area (Å²) >= 11 is 0. The Labute approximate surface area is 190 Å². The van der Waals surface area contributed by atoms with Crippen LogP contribution in [0, 0.1) is 5.82 Å². The molecule has 3 heterocycles. The highest BCUT2D eigenvalue weighted by atomic mass is 19.4. The third-order valence-corrected chi connectivity index (χ3v) is 5.56. The number of halogens is 4. The molecule has 0 saturated carbocycles. The third kappa shape index (κ3) is 3.66. The number of nitrogens with zero attached hydrogens (tertiary/aromatic N) is 4. The Morgan fingerprint density at radius 1 is 1.03 bits per heavy atom. The van der Waals surface area contributed by atoms with E-state index in [1.54, 1.807) is 36.1 Å². The highest BCUT2D eigenvalue weighted by molar-refractivity contribution is 5.86. The SMILES string of the molecule is C[C@H](Nc1ccnn2ccnc12)c1cc2cccc(C(F)(F)F)c2c(=O)n1-c1cccc(F)c1. The Bertz CT molecular complexity index is 1590. The normalized spacial score (nSPS) is 12.9. The van der Waals surface area contributed by atoms with Crippen molar-refractivity contribution in [2.24, 2.45) is 0 Å². The highest BCUT2D eigenvalue weighted by Crippen LogP contribution is 2.35. The Kier molecular flexibility index (Phi) is 5.07. The van der Waals surface area contributed by atoms with Gasteiger partial charge in [-0.15, -0.1) is 0 Å². The van der Waals surface area contributed by atoms with Gasteiger partial charge in [-0.25, -0.2) is 13.9 Å². The summed E-state index contributed by atoms with van der Waals surface area (Å²) in [4.78, 5) is 17.8. The molecular weight excluding hydrogens is 450 g/mol. The number of aromatic nitrogens is 4. The molecule has 0 fully saturated rings. The molecule has 1 atom stereocenters. The molecule has 6 nitrogen and oxygen atoms in total. The van der Waals surface area contributed by atoms with Crippen molar-refractivity contribution in [2.75, 3.05) is 5.32 Å². The molecule has 172 valence electrons. The molecule has 0 saturated heterocycles. The first-order valence-electron chi connectivity index (χ1n) is 10.3. The number of anilines is 1. The van der Waals surface area contributed by atoms with Crippen LogP contribution in [0.5, 0.6) is 0 Å². The van der Waals surface area contributed by atoms with Crippen molar-refractivity contribution in [1.29, 1.82) is 0 Å². The van der Waals surface area contributed by atoms with E-state index in [2.05, 4.69) is 15.4 Å². The summed E-state index contributed by atoms with van der Waals surface area (Å²) in [7, 11) is 0. The first-order valence-corrected chi connectivity index (χ1v) is 10.3. The van der Waals surface area contributed by atoms with Gasteiger partial charge in [-0.2, -0.15) is 18.3 Å². The van der Waals surface area contributed by atoms with Gasteiger partial charge in [0.1, 0.15) is 5.82 Å². The zero-order valence-electron chi connectivity index (χ0n) is 17.7. The summed E-state index contributed by atoms with van der Waals surface area (Å²) in [6.45, 7) is 1.75. The predicted molar refractivity (Wildman–Crippen MR) is 120 cm³/mol. The fraction of sp³-hybridized carbons (Fsp3) is 0.125. The number of imidazole rings is 1. The van der Waals surface area contributed by atoms with E-state index < -0.39 is 34.5 Å². The number of nitrogens with one attached hydrogen (secondary N) is 1. The predicted octanol–water partition coefficient (Wildman–Crippen LogP) is 5.36. The molecule has 3 aromatic heterocycles. The lowest BCUT2D eigenvalue weighted by Crippen LogP contribution is -2.27. The number of benzene rings is 2. The average molecular weight is 467 g/mol. The summed E-state index contributed by atoms with van der Waals surface area (Å²) in [6.07, 6.45) is 0.0879. The first kappa shape index (κ1) is 21.6. The van der Waals surface area contributed by atoms with Gasteiger partial charge in [0.15, 0.2) is 5.65 Å². The minimum absolute atomic E-state index is 0.119. The van der Waals surface area contributed by atoms with Crippen molar-refractivity contribution >= 4 is 22.1 Å². The van der Waals surface area contributed by atoms with Crippen LogP contribution in [0.3, 0.4) is 0 Å². The van der Waals surface area contributed by atoms with E-state index in [0.717, 1.165) is 16.7 Å². The van der Waals surface area contributed by atoms with Crippen LogP contribution in [0.4, 0.5) is 23.2 Å². The second-order valence-electron chi connectivity index (χ2n) is 7.76. The topological polar surface area (TPSA) is 64.2 Å². The Morgan fingerprint density at radius 3 is 2.59 bits per heavy atom. The molecule has 0 amide bonds. The van der Waals surface area contributed by atoms with Crippen molar-refractivity contribution in [3.05, 3.63) is 101 Å². The summed E-state index contributed by atoms with van der Waals surface area (Å²) in [5.41, 5.74) is -0.318. The molecule has 10 heteroatoms. The highest BCUT2D eigenvalue weighted by Gasteiger charge is 2.34. The van der Waals surface area contributed by atoms with Crippen LogP contribution in [0.25, 0.3) is 22.1 Å². The molecular formula is C24H17F4N5O. The lowest BCUT2D eigenvalue weighted by molar-refractivity contribution is -0.136. The van der Waals surface area contributed by atoms with E-state index in [1.165, 1.54) is 36.4 Å². The summed E-state index contributed by atoms with van der Waals surface area (Å²) < 4.78 is 57.9. The number of pyridine rings is 1. The first-order chi connectivity index (χ1) is 16.2. The lowest BCUT2D eigenvalue weighted by Gasteiger charge is -2.22. The maximum absolute atomic E-state index is 14.1. The van der Waals surface area contributed by atoms with Crippen LogP contribution in [0.2, 0.25) is 0 Å². The number of rotatable bonds is 4. The Hall–Kier alpha value is -4.21. The van der Waals surface area contributed by atoms with Crippen LogP contribution in [-0.2, 0) is 6.18 Å². The van der Waals surface area contributed by atoms with Gasteiger partial charge in [-0.05, 0) is 48.7 Å². The number of hydrogen-bond acceptors (Lipinski definition) is 4. The van der Waals surface area contributed by atoms with Gasteiger partial charge in [0.25, 0.3) is 5.56 Å². The molecule has 1 N–H and O–H groups in total. The number of fused-ring (bicyclic) bond motifs is 2. The molecule has 0 aliphatic carbocycles. The third-order valence-electron chi connectivity index (χ3n) is 5.56. The van der Waals surface area contributed by atoms with E-state index in [4.69, 9.17) is 0 Å². The van der Waals surface area contributed by atoms with Crippen molar-refractivity contribution in [1.82, 2.24) is 19.2 Å². The molecule has 0 unspecified atom stereocenters. The zero-order valence-corrected chi connectivity index (χ0v) is 17.7. The van der Waals surface area contributed by atoms with E-state index >= 15 is 0 Å². The van der Waals surface area contributed by atoms with E-state index in [0.29, 0.717) is 17.0 Å². The minimum Gasteiger partial charge on any atom is -0.374 e. The van der Waals surface area contributed by atoms with Crippen LogP contribution in [-0.4, -0.2) is 19.2 Å². The average Bonchev–Trinajstić information content (AvgIpc) is 3.28. The number of alkyl halides is 3. The van der Waals surface area contributed by atoms with Crippen molar-refractivity contribution in [3.8, 4) is 5.69 Å². The van der Waals surface area contributed by atoms with Gasteiger partial charge in [0, 0.05) is 18.1 Å². The van der Waals surface area contributed by atoms with Crippen molar-refractivity contribution in [3.63, 3.8) is 0 Å². The van der Waals surface area contributed by atoms with E-state index in [9.17, 15) is 22.4 Å². The zero-order chi connectivity index (χ0) is 24.0. The molecule has 0 radical (unpaired) electrons. The smallest absolute Gasteiger partial charge is 0.374 e. The molecule has 0 aliphatic rings. The molecule has 2 aromatic carbocycles. The van der Waals surface area contributed by atoms with Gasteiger partial charge >= 0.3 is 6.18 Å². The van der Waals surface area contributed by atoms with Crippen LogP contribution in [0.15, 0.2) is 78.0 Å². The fourth-order valence-corrected chi connectivity index (χ4v) is 4.08. The standard InChI is InChI=1S/C24H17F4N5O/c1-14(31-19-8-9-30-32-11-10-29-22(19)32)20-12-15-4-2-7-18(24(26,27)28)21(15)23(34)33(20)17-6-3-5-16(25)13-17/h2-14,31H,1H3/t14-/m0/s1. The molecule has 5 rings (SSSR count). The number of hydrogen-bond donors (Lipinski definition) is 1. The van der Waals surface area contributed by atoms with Gasteiger partial charge in [-0.1, -0.05) is 18.2 Å². The molecule has 0 aliphatic heterocycles. The minimum atomic E-state index is -4.73. The van der Waals surface area contributed by atoms with E-state index in [1.807, 2.05) is 0 Å². The maximum Gasteiger partial charge on any atom is 0.417 e. The molecule has 0 spiro atoms. The van der Waals surface area contributed by atoms with Gasteiger partial charge in [0.05, 0.1) is 34.6 Å². The van der Waals surface area contributed by atoms with Gasteiger partial charge in [-0.3, -0.25) is 9.36 Å². The second kappa shape index (κ2) is 7.98. The monoisotopic (exact) mass is 467 g/mol. The van der Waals surface area contributed by atoms with Crippen LogP contribution in [0.1, 0.15) is 24.2 Å². The van der Waals surface area contributed by atoms with E-state index in [-0.39, 0.29) is 11.1 Å². The second-order valence-corrected chi connectivity index (χ2v) is 7.76. The molecule has 34 heavy (non-hydrogen) atoms. The maximum atomic E-state index is 14.1. The van der Waals surface area contributed by atoms with Crippen molar-refractivity contribution in [2.45, 2.75) is 19.1 Å². The summed E-state index contributed by atoms with van der Waals surface area (Å²) in [6, 6.07) is 11.4. The Balaban J connectivity index is 1.76. The van der Waals surface area contributed by atoms with Gasteiger partial charge in [0.2, 0.25) is 0 Å². The molecule has 0 bridgehead atoms. The van der Waals surface area contributed by atoms with Crippen LogP contribution < -0.4 is 10.9 Å². The van der Waals surface area contributed by atoms with Crippen LogP contribution >= 0.6 is 0 Å².